The third kappa shape index (κ3) is 3.16. The van der Waals surface area contributed by atoms with Crippen LogP contribution in [0, 0.1) is 5.92 Å². The molecule has 0 spiro atoms. The number of hydrogen-bond acceptors (Lipinski definition) is 4. The van der Waals surface area contributed by atoms with Gasteiger partial charge in [-0.3, -0.25) is 4.79 Å². The molecule has 1 aromatic rings. The number of nitrogens with one attached hydrogen (secondary N) is 1. The fourth-order valence-corrected chi connectivity index (χ4v) is 3.28. The van der Waals surface area contributed by atoms with Crippen LogP contribution in [-0.2, 0) is 7.05 Å². The van der Waals surface area contributed by atoms with Crippen molar-refractivity contribution in [1.82, 2.24) is 9.78 Å². The van der Waals surface area contributed by atoms with E-state index in [2.05, 4.69) is 10.4 Å². The summed E-state index contributed by atoms with van der Waals surface area (Å²) < 4.78 is 1.24. The highest BCUT2D eigenvalue weighted by Crippen LogP contribution is 2.24. The normalized spacial score (nSPS) is 17.1. The minimum Gasteiger partial charge on any atom is -0.382 e. The van der Waals surface area contributed by atoms with Gasteiger partial charge in [0.05, 0.1) is 11.9 Å². The summed E-state index contributed by atoms with van der Waals surface area (Å²) in [5, 5.41) is 7.42. The number of halogens is 1. The van der Waals surface area contributed by atoms with Crippen molar-refractivity contribution in [3.63, 3.8) is 0 Å². The molecule has 1 aliphatic heterocycles. The number of aryl methyl sites for hydroxylation is 1. The first-order valence-electron chi connectivity index (χ1n) is 5.72. The van der Waals surface area contributed by atoms with Crippen molar-refractivity contribution in [2.75, 3.05) is 23.4 Å². The summed E-state index contributed by atoms with van der Waals surface area (Å²) in [6.45, 7) is 0.870. The Bertz CT molecular complexity index is 443. The van der Waals surface area contributed by atoms with E-state index in [1.165, 1.54) is 29.0 Å². The topological polar surface area (TPSA) is 46.9 Å². The van der Waals surface area contributed by atoms with Crippen molar-refractivity contribution in [2.24, 2.45) is 13.0 Å². The summed E-state index contributed by atoms with van der Waals surface area (Å²) in [5.41, 5.74) is 0.392. The molecular formula is C11H16ClN3OS. The molecule has 0 saturated carbocycles. The molecular weight excluding hydrogens is 258 g/mol. The third-order valence-electron chi connectivity index (χ3n) is 3.00. The highest BCUT2D eigenvalue weighted by Gasteiger charge is 2.14. The second kappa shape index (κ2) is 5.78. The first-order valence-corrected chi connectivity index (χ1v) is 7.25. The summed E-state index contributed by atoms with van der Waals surface area (Å²) in [4.78, 5) is 11.6. The maximum Gasteiger partial charge on any atom is 0.287 e. The Balaban J connectivity index is 1.99. The van der Waals surface area contributed by atoms with E-state index < -0.39 is 0 Å². The molecule has 0 atom stereocenters. The largest absolute Gasteiger partial charge is 0.382 e. The van der Waals surface area contributed by atoms with E-state index in [0.29, 0.717) is 11.6 Å². The van der Waals surface area contributed by atoms with Crippen molar-refractivity contribution >= 4 is 29.1 Å². The molecule has 1 fully saturated rings. The van der Waals surface area contributed by atoms with Gasteiger partial charge < -0.3 is 5.32 Å². The molecule has 2 rings (SSSR count). The Morgan fingerprint density at radius 1 is 1.59 bits per heavy atom. The van der Waals surface area contributed by atoms with Crippen LogP contribution in [0.5, 0.6) is 0 Å². The molecule has 2 heterocycles. The number of thioether (sulfide) groups is 1. The predicted molar refractivity (Wildman–Crippen MR) is 73.0 cm³/mol. The lowest BCUT2D eigenvalue weighted by molar-refractivity contribution is 0.516. The van der Waals surface area contributed by atoms with Gasteiger partial charge in [-0.25, -0.2) is 4.68 Å². The maximum atomic E-state index is 11.6. The predicted octanol–water partition coefficient (Wildman–Crippen LogP) is 1.99. The van der Waals surface area contributed by atoms with Crippen LogP contribution in [0.15, 0.2) is 11.0 Å². The third-order valence-corrected chi connectivity index (χ3v) is 4.41. The molecule has 1 saturated heterocycles. The van der Waals surface area contributed by atoms with E-state index in [9.17, 15) is 4.79 Å². The van der Waals surface area contributed by atoms with Crippen LogP contribution in [0.3, 0.4) is 0 Å². The molecule has 0 bridgehead atoms. The van der Waals surface area contributed by atoms with Crippen LogP contribution in [0.2, 0.25) is 5.02 Å². The fourth-order valence-electron chi connectivity index (χ4n) is 1.84. The van der Waals surface area contributed by atoms with E-state index in [1.54, 1.807) is 13.2 Å². The van der Waals surface area contributed by atoms with E-state index in [0.717, 1.165) is 6.54 Å². The van der Waals surface area contributed by atoms with Crippen LogP contribution in [0.4, 0.5) is 5.69 Å². The quantitative estimate of drug-likeness (QED) is 0.915. The summed E-state index contributed by atoms with van der Waals surface area (Å²) >= 11 is 7.98. The Morgan fingerprint density at radius 2 is 2.29 bits per heavy atom. The number of hydrogen-bond donors (Lipinski definition) is 1. The zero-order valence-electron chi connectivity index (χ0n) is 9.78. The number of nitrogens with zero attached hydrogens (tertiary/aromatic N) is 2. The van der Waals surface area contributed by atoms with Gasteiger partial charge in [0.2, 0.25) is 0 Å². The molecule has 0 aromatic carbocycles. The molecule has 1 aliphatic rings. The second-order valence-electron chi connectivity index (χ2n) is 4.24. The Morgan fingerprint density at radius 3 is 3.00 bits per heavy atom. The molecule has 94 valence electrons. The lowest BCUT2D eigenvalue weighted by Crippen LogP contribution is -2.23. The van der Waals surface area contributed by atoms with Gasteiger partial charge in [-0.05, 0) is 30.3 Å². The zero-order valence-corrected chi connectivity index (χ0v) is 11.4. The van der Waals surface area contributed by atoms with Gasteiger partial charge in [-0.2, -0.15) is 16.9 Å². The van der Waals surface area contributed by atoms with Crippen LogP contribution in [0.1, 0.15) is 12.8 Å². The molecule has 1 N–H and O–H groups in total. The van der Waals surface area contributed by atoms with Gasteiger partial charge in [0.25, 0.3) is 5.56 Å². The van der Waals surface area contributed by atoms with Gasteiger partial charge in [0.15, 0.2) is 0 Å². The van der Waals surface area contributed by atoms with E-state index in [-0.39, 0.29) is 10.6 Å². The molecule has 1 aromatic heterocycles. The van der Waals surface area contributed by atoms with Crippen molar-refractivity contribution < 1.29 is 0 Å². The second-order valence-corrected chi connectivity index (χ2v) is 5.84. The molecule has 6 heteroatoms. The molecule has 0 amide bonds. The molecule has 0 radical (unpaired) electrons. The van der Waals surface area contributed by atoms with Crippen LogP contribution in [-0.4, -0.2) is 27.8 Å². The Hall–Kier alpha value is -0.680. The van der Waals surface area contributed by atoms with Crippen molar-refractivity contribution in [1.29, 1.82) is 0 Å². The summed E-state index contributed by atoms with van der Waals surface area (Å²) in [7, 11) is 1.59. The summed E-state index contributed by atoms with van der Waals surface area (Å²) in [6.07, 6.45) is 4.07. The Labute approximate surface area is 110 Å². The standard InChI is InChI=1S/C11H16ClN3OS/c1-15-11(16)10(12)9(7-14-15)13-6-8-2-4-17-5-3-8/h7-8,13H,2-6H2,1H3. The van der Waals surface area contributed by atoms with Gasteiger partial charge in [0.1, 0.15) is 5.02 Å². The maximum absolute atomic E-state index is 11.6. The minimum absolute atomic E-state index is 0.229. The van der Waals surface area contributed by atoms with E-state index >= 15 is 0 Å². The smallest absolute Gasteiger partial charge is 0.287 e. The minimum atomic E-state index is -0.254. The first-order chi connectivity index (χ1) is 8.18. The van der Waals surface area contributed by atoms with Crippen molar-refractivity contribution in [3.8, 4) is 0 Å². The summed E-state index contributed by atoms with van der Waals surface area (Å²) in [6, 6.07) is 0. The number of rotatable bonds is 3. The Kier molecular flexibility index (Phi) is 4.34. The van der Waals surface area contributed by atoms with Crippen LogP contribution >= 0.6 is 23.4 Å². The van der Waals surface area contributed by atoms with E-state index in [1.807, 2.05) is 11.8 Å². The average Bonchev–Trinajstić information content (AvgIpc) is 2.36. The van der Waals surface area contributed by atoms with E-state index in [4.69, 9.17) is 11.6 Å². The fraction of sp³-hybridized carbons (Fsp3) is 0.636. The molecule has 0 unspecified atom stereocenters. The van der Waals surface area contributed by atoms with Crippen molar-refractivity contribution in [3.05, 3.63) is 21.6 Å². The van der Waals surface area contributed by atoms with Gasteiger partial charge >= 0.3 is 0 Å². The SMILES string of the molecule is Cn1ncc(NCC2CCSCC2)c(Cl)c1=O. The number of anilines is 1. The number of aromatic nitrogens is 2. The van der Waals surface area contributed by atoms with Crippen LogP contribution < -0.4 is 10.9 Å². The van der Waals surface area contributed by atoms with Crippen LogP contribution in [0.25, 0.3) is 0 Å². The molecule has 17 heavy (non-hydrogen) atoms. The lowest BCUT2D eigenvalue weighted by atomic mass is 10.0. The first kappa shape index (κ1) is 12.8. The molecule has 4 nitrogen and oxygen atoms in total. The van der Waals surface area contributed by atoms with Gasteiger partial charge in [0, 0.05) is 13.6 Å². The highest BCUT2D eigenvalue weighted by molar-refractivity contribution is 7.99. The summed E-state index contributed by atoms with van der Waals surface area (Å²) in [5.74, 6) is 3.14. The average molecular weight is 274 g/mol. The monoisotopic (exact) mass is 273 g/mol. The zero-order chi connectivity index (χ0) is 12.3. The van der Waals surface area contributed by atoms with Crippen molar-refractivity contribution in [2.45, 2.75) is 12.8 Å². The lowest BCUT2D eigenvalue weighted by Gasteiger charge is -2.22. The molecule has 0 aliphatic carbocycles. The van der Waals surface area contributed by atoms with Gasteiger partial charge in [-0.15, -0.1) is 0 Å². The van der Waals surface area contributed by atoms with Gasteiger partial charge in [-0.1, -0.05) is 11.6 Å². The highest BCUT2D eigenvalue weighted by atomic mass is 35.5.